The van der Waals surface area contributed by atoms with E-state index in [2.05, 4.69) is 15.3 Å². The predicted octanol–water partition coefficient (Wildman–Crippen LogP) is 5.77. The summed E-state index contributed by atoms with van der Waals surface area (Å²) < 4.78 is 68.3. The van der Waals surface area contributed by atoms with Crippen molar-refractivity contribution in [2.45, 2.75) is 6.42 Å². The van der Waals surface area contributed by atoms with E-state index in [0.717, 1.165) is 5.56 Å². The van der Waals surface area contributed by atoms with Crippen LogP contribution in [0.1, 0.15) is 16.8 Å². The van der Waals surface area contributed by atoms with Gasteiger partial charge in [0.05, 0.1) is 18.3 Å². The van der Waals surface area contributed by atoms with E-state index in [1.165, 1.54) is 6.20 Å². The topological polar surface area (TPSA) is 80.9 Å². The first-order valence-corrected chi connectivity index (χ1v) is 10.5. The molecule has 0 atom stereocenters. The zero-order chi connectivity index (χ0) is 25.8. The fourth-order valence-corrected chi connectivity index (χ4v) is 3.29. The number of nitrogen functional groups attached to an aromatic ring is 1. The number of nitrogens with two attached hydrogens (primary N) is 1. The number of nitrogens with one attached hydrogen (secondary N) is 1. The van der Waals surface area contributed by atoms with E-state index in [-0.39, 0.29) is 11.5 Å². The Morgan fingerprint density at radius 2 is 1.44 bits per heavy atom. The summed E-state index contributed by atoms with van der Waals surface area (Å²) in [6, 6.07) is 15.9. The number of carbonyl (C=O) groups excluding carboxylic acids is 1. The van der Waals surface area contributed by atoms with Crippen LogP contribution in [0, 0.1) is 29.1 Å². The maximum Gasteiger partial charge on any atom is 0.230 e. The lowest BCUT2D eigenvalue weighted by Gasteiger charge is -2.11. The molecule has 36 heavy (non-hydrogen) atoms. The Bertz CT molecular complexity index is 1430. The van der Waals surface area contributed by atoms with Gasteiger partial charge in [0, 0.05) is 16.8 Å². The molecule has 3 aromatic carbocycles. The van der Waals surface area contributed by atoms with Crippen molar-refractivity contribution in [2.75, 3.05) is 11.1 Å². The fraction of sp³-hybridized carbons (Fsp3) is 0.0385. The smallest absolute Gasteiger partial charge is 0.230 e. The van der Waals surface area contributed by atoms with E-state index in [0.29, 0.717) is 16.9 Å². The summed E-state index contributed by atoms with van der Waals surface area (Å²) in [6.45, 7) is 0. The second-order valence-electron chi connectivity index (χ2n) is 7.63. The highest BCUT2D eigenvalue weighted by Crippen LogP contribution is 2.25. The maximum atomic E-state index is 14.0. The molecule has 5 nitrogen and oxygen atoms in total. The number of hydrogen-bond acceptors (Lipinski definition) is 4. The van der Waals surface area contributed by atoms with Crippen LogP contribution in [0.2, 0.25) is 0 Å². The lowest BCUT2D eigenvalue weighted by Crippen LogP contribution is -2.20. The van der Waals surface area contributed by atoms with Gasteiger partial charge in [-0.2, -0.15) is 0 Å². The number of carbonyl (C=O) groups is 1. The molecule has 0 saturated carbocycles. The molecule has 10 heteroatoms. The van der Waals surface area contributed by atoms with Crippen molar-refractivity contribution in [1.29, 1.82) is 0 Å². The number of halogens is 5. The summed E-state index contributed by atoms with van der Waals surface area (Å²) in [4.78, 5) is 21.2. The Labute approximate surface area is 202 Å². The first kappa shape index (κ1) is 24.5. The summed E-state index contributed by atoms with van der Waals surface area (Å²) in [5, 5.41) is 2.34. The average Bonchev–Trinajstić information content (AvgIpc) is 2.89. The van der Waals surface area contributed by atoms with Crippen LogP contribution in [-0.4, -0.2) is 15.9 Å². The van der Waals surface area contributed by atoms with Gasteiger partial charge >= 0.3 is 0 Å². The van der Waals surface area contributed by atoms with Gasteiger partial charge in [0.2, 0.25) is 11.7 Å². The molecule has 4 aromatic rings. The van der Waals surface area contributed by atoms with Crippen LogP contribution >= 0.6 is 0 Å². The number of anilines is 2. The lowest BCUT2D eigenvalue weighted by molar-refractivity contribution is -0.115. The first-order chi connectivity index (χ1) is 17.2. The van der Waals surface area contributed by atoms with Gasteiger partial charge in [0.1, 0.15) is 5.69 Å². The third kappa shape index (κ3) is 5.22. The third-order valence-corrected chi connectivity index (χ3v) is 5.14. The standard InChI is InChI=1S/C26H17F5N4O/c27-21-17(22(28)24(30)25(31)23(21)29)12-20(36)35-26-18(11-6-14-4-2-1-3-5-14)34-19(13-33-26)15-7-9-16(32)10-8-15/h1-11,13H,12,32H2,(H,33,35,36). The number of rotatable bonds is 6. The monoisotopic (exact) mass is 496 g/mol. The van der Waals surface area contributed by atoms with E-state index in [1.807, 2.05) is 30.3 Å². The highest BCUT2D eigenvalue weighted by Gasteiger charge is 2.27. The molecule has 0 radical (unpaired) electrons. The van der Waals surface area contributed by atoms with Crippen molar-refractivity contribution in [1.82, 2.24) is 9.97 Å². The minimum Gasteiger partial charge on any atom is -0.399 e. The van der Waals surface area contributed by atoms with E-state index in [9.17, 15) is 26.7 Å². The van der Waals surface area contributed by atoms with Crippen LogP contribution in [0.5, 0.6) is 0 Å². The fourth-order valence-electron chi connectivity index (χ4n) is 3.29. The third-order valence-electron chi connectivity index (χ3n) is 5.14. The van der Waals surface area contributed by atoms with Crippen LogP contribution in [-0.2, 0) is 11.2 Å². The van der Waals surface area contributed by atoms with Crippen LogP contribution < -0.4 is 11.1 Å². The van der Waals surface area contributed by atoms with Crippen molar-refractivity contribution in [3.63, 3.8) is 0 Å². The molecule has 0 aliphatic rings. The van der Waals surface area contributed by atoms with Crippen LogP contribution in [0.15, 0.2) is 60.8 Å². The Kier molecular flexibility index (Phi) is 7.05. The molecular weight excluding hydrogens is 479 g/mol. The van der Waals surface area contributed by atoms with Gasteiger partial charge < -0.3 is 11.1 Å². The zero-order valence-electron chi connectivity index (χ0n) is 18.4. The molecule has 0 saturated heterocycles. The minimum absolute atomic E-state index is 0.0738. The largest absolute Gasteiger partial charge is 0.399 e. The second-order valence-corrected chi connectivity index (χ2v) is 7.63. The van der Waals surface area contributed by atoms with Crippen molar-refractivity contribution in [3.05, 3.63) is 107 Å². The quantitative estimate of drug-likeness (QED) is 0.154. The van der Waals surface area contributed by atoms with Gasteiger partial charge in [-0.1, -0.05) is 48.5 Å². The number of benzene rings is 3. The molecule has 3 N–H and O–H groups in total. The molecule has 1 amide bonds. The minimum atomic E-state index is -2.30. The van der Waals surface area contributed by atoms with Gasteiger partial charge in [-0.15, -0.1) is 0 Å². The SMILES string of the molecule is Nc1ccc(-c2cnc(NC(=O)Cc3c(F)c(F)c(F)c(F)c3F)c(C=Cc3ccccc3)n2)cc1. The molecule has 0 aliphatic carbocycles. The van der Waals surface area contributed by atoms with Crippen LogP contribution in [0.4, 0.5) is 33.5 Å². The lowest BCUT2D eigenvalue weighted by atomic mass is 10.1. The highest BCUT2D eigenvalue weighted by atomic mass is 19.2. The summed E-state index contributed by atoms with van der Waals surface area (Å²) in [6.07, 6.45) is 3.52. The molecular formula is C26H17F5N4O. The predicted molar refractivity (Wildman–Crippen MR) is 126 cm³/mol. The second kappa shape index (κ2) is 10.3. The average molecular weight is 496 g/mol. The summed E-state index contributed by atoms with van der Waals surface area (Å²) in [7, 11) is 0. The van der Waals surface area contributed by atoms with E-state index in [1.54, 1.807) is 36.4 Å². The number of amides is 1. The van der Waals surface area contributed by atoms with Crippen LogP contribution in [0.3, 0.4) is 0 Å². The number of nitrogens with zero attached hydrogens (tertiary/aromatic N) is 2. The molecule has 182 valence electrons. The van der Waals surface area contributed by atoms with Gasteiger partial charge in [-0.05, 0) is 23.8 Å². The maximum absolute atomic E-state index is 14.0. The molecule has 0 unspecified atom stereocenters. The summed E-state index contributed by atoms with van der Waals surface area (Å²) >= 11 is 0. The number of hydrogen-bond donors (Lipinski definition) is 2. The Morgan fingerprint density at radius 3 is 2.08 bits per heavy atom. The van der Waals surface area contributed by atoms with E-state index >= 15 is 0 Å². The summed E-state index contributed by atoms with van der Waals surface area (Å²) in [5.41, 5.74) is 7.16. The van der Waals surface area contributed by atoms with Gasteiger partial charge in [0.25, 0.3) is 0 Å². The molecule has 4 rings (SSSR count). The van der Waals surface area contributed by atoms with Gasteiger partial charge in [0.15, 0.2) is 29.1 Å². The number of aromatic nitrogens is 2. The molecule has 1 heterocycles. The summed E-state index contributed by atoms with van der Waals surface area (Å²) in [5.74, 6) is -11.8. The first-order valence-electron chi connectivity index (χ1n) is 10.5. The molecule has 0 spiro atoms. The Hall–Kier alpha value is -4.60. The molecule has 0 bridgehead atoms. The van der Waals surface area contributed by atoms with Crippen molar-refractivity contribution in [2.24, 2.45) is 0 Å². The Morgan fingerprint density at radius 1 is 0.833 bits per heavy atom. The molecule has 1 aromatic heterocycles. The highest BCUT2D eigenvalue weighted by molar-refractivity contribution is 5.93. The van der Waals surface area contributed by atoms with Gasteiger partial charge in [-0.25, -0.2) is 31.9 Å². The van der Waals surface area contributed by atoms with Crippen LogP contribution in [0.25, 0.3) is 23.4 Å². The normalized spacial score (nSPS) is 11.1. The van der Waals surface area contributed by atoms with Crippen molar-refractivity contribution in [3.8, 4) is 11.3 Å². The molecule has 0 aliphatic heterocycles. The van der Waals surface area contributed by atoms with E-state index < -0.39 is 47.0 Å². The van der Waals surface area contributed by atoms with E-state index in [4.69, 9.17) is 5.73 Å². The molecule has 0 fully saturated rings. The zero-order valence-corrected chi connectivity index (χ0v) is 18.4. The van der Waals surface area contributed by atoms with Crippen molar-refractivity contribution >= 4 is 29.6 Å². The Balaban J connectivity index is 1.67. The van der Waals surface area contributed by atoms with Gasteiger partial charge in [-0.3, -0.25) is 4.79 Å². The van der Waals surface area contributed by atoms with Crippen molar-refractivity contribution < 1.29 is 26.7 Å².